The summed E-state index contributed by atoms with van der Waals surface area (Å²) in [5, 5.41) is 3.14. The lowest BCUT2D eigenvalue weighted by atomic mass is 10.1. The van der Waals surface area contributed by atoms with E-state index in [1.54, 1.807) is 0 Å². The van der Waals surface area contributed by atoms with Gasteiger partial charge in [-0.3, -0.25) is 9.69 Å². The number of carbonyl (C=O) groups is 1. The van der Waals surface area contributed by atoms with Crippen LogP contribution >= 0.6 is 0 Å². The van der Waals surface area contributed by atoms with Crippen LogP contribution in [0.3, 0.4) is 0 Å². The maximum Gasteiger partial charge on any atom is 0.236 e. The van der Waals surface area contributed by atoms with Crippen LogP contribution in [0.5, 0.6) is 0 Å². The van der Waals surface area contributed by atoms with Crippen LogP contribution < -0.4 is 5.32 Å². The molecular formula is C15H29N3O2. The van der Waals surface area contributed by atoms with Gasteiger partial charge in [-0.05, 0) is 19.9 Å². The molecule has 2 heterocycles. The van der Waals surface area contributed by atoms with Gasteiger partial charge in [0, 0.05) is 32.7 Å². The van der Waals surface area contributed by atoms with Gasteiger partial charge >= 0.3 is 0 Å². The molecule has 1 unspecified atom stereocenters. The average molecular weight is 283 g/mol. The van der Waals surface area contributed by atoms with Gasteiger partial charge in [0.25, 0.3) is 0 Å². The lowest BCUT2D eigenvalue weighted by Gasteiger charge is -2.34. The van der Waals surface area contributed by atoms with E-state index < -0.39 is 0 Å². The van der Waals surface area contributed by atoms with Crippen molar-refractivity contribution in [2.75, 3.05) is 52.9 Å². The second kappa shape index (κ2) is 8.60. The standard InChI is InChI=1S/C15H29N3O2/c1-16-11-14-12-17(9-10-20-14)13-15(19)18-7-5-3-2-4-6-8-18/h14,16H,2-13H2,1H3. The number of nitrogens with zero attached hydrogens (tertiary/aromatic N) is 2. The highest BCUT2D eigenvalue weighted by molar-refractivity contribution is 5.78. The third kappa shape index (κ3) is 5.04. The summed E-state index contributed by atoms with van der Waals surface area (Å²) in [6.07, 6.45) is 6.41. The molecule has 0 aromatic rings. The van der Waals surface area contributed by atoms with Gasteiger partial charge in [-0.2, -0.15) is 0 Å². The molecule has 0 bridgehead atoms. The average Bonchev–Trinajstić information content (AvgIpc) is 2.38. The van der Waals surface area contributed by atoms with E-state index in [-0.39, 0.29) is 6.10 Å². The van der Waals surface area contributed by atoms with Crippen LogP contribution in [0.25, 0.3) is 0 Å². The Labute approximate surface area is 122 Å². The summed E-state index contributed by atoms with van der Waals surface area (Å²) < 4.78 is 5.68. The number of rotatable bonds is 4. The molecule has 1 N–H and O–H groups in total. The Hall–Kier alpha value is -0.650. The Morgan fingerprint density at radius 1 is 1.15 bits per heavy atom. The summed E-state index contributed by atoms with van der Waals surface area (Å²) in [7, 11) is 1.94. The van der Waals surface area contributed by atoms with Crippen LogP contribution in [0.1, 0.15) is 32.1 Å². The molecule has 116 valence electrons. The number of amides is 1. The highest BCUT2D eigenvalue weighted by atomic mass is 16.5. The third-order valence-electron chi connectivity index (χ3n) is 4.22. The van der Waals surface area contributed by atoms with Crippen molar-refractivity contribution in [1.82, 2.24) is 15.1 Å². The Balaban J connectivity index is 1.77. The molecule has 2 aliphatic rings. The highest BCUT2D eigenvalue weighted by Crippen LogP contribution is 2.11. The molecule has 5 heteroatoms. The number of hydrogen-bond acceptors (Lipinski definition) is 4. The van der Waals surface area contributed by atoms with Crippen molar-refractivity contribution in [3.8, 4) is 0 Å². The zero-order chi connectivity index (χ0) is 14.2. The minimum Gasteiger partial charge on any atom is -0.374 e. The Morgan fingerprint density at radius 2 is 1.85 bits per heavy atom. The second-order valence-electron chi connectivity index (χ2n) is 5.93. The molecule has 0 saturated carbocycles. The van der Waals surface area contributed by atoms with Crippen LogP contribution in [0.2, 0.25) is 0 Å². The predicted octanol–water partition coefficient (Wildman–Crippen LogP) is 0.699. The highest BCUT2D eigenvalue weighted by Gasteiger charge is 2.23. The molecule has 2 saturated heterocycles. The molecule has 20 heavy (non-hydrogen) atoms. The monoisotopic (exact) mass is 283 g/mol. The molecule has 0 aromatic carbocycles. The van der Waals surface area contributed by atoms with Gasteiger partial charge in [0.2, 0.25) is 5.91 Å². The maximum atomic E-state index is 12.4. The van der Waals surface area contributed by atoms with Gasteiger partial charge in [0.15, 0.2) is 0 Å². The Bertz CT molecular complexity index is 289. The summed E-state index contributed by atoms with van der Waals surface area (Å²) in [6.45, 7) is 5.78. The van der Waals surface area contributed by atoms with Crippen molar-refractivity contribution in [2.24, 2.45) is 0 Å². The number of carbonyl (C=O) groups excluding carboxylic acids is 1. The third-order valence-corrected chi connectivity index (χ3v) is 4.22. The SMILES string of the molecule is CNCC1CN(CC(=O)N2CCCCCCC2)CCO1. The smallest absolute Gasteiger partial charge is 0.236 e. The number of likely N-dealkylation sites (N-methyl/N-ethyl adjacent to an activating group) is 1. The predicted molar refractivity (Wildman–Crippen MR) is 79.8 cm³/mol. The van der Waals surface area contributed by atoms with Gasteiger partial charge in [-0.1, -0.05) is 19.3 Å². The number of ether oxygens (including phenoxy) is 1. The van der Waals surface area contributed by atoms with E-state index in [0.717, 1.165) is 52.2 Å². The van der Waals surface area contributed by atoms with E-state index in [9.17, 15) is 4.79 Å². The Morgan fingerprint density at radius 3 is 2.55 bits per heavy atom. The molecule has 2 aliphatic heterocycles. The van der Waals surface area contributed by atoms with Crippen LogP contribution in [0.4, 0.5) is 0 Å². The van der Waals surface area contributed by atoms with E-state index in [2.05, 4.69) is 15.1 Å². The van der Waals surface area contributed by atoms with Gasteiger partial charge < -0.3 is 15.0 Å². The van der Waals surface area contributed by atoms with Gasteiger partial charge in [0.05, 0.1) is 19.3 Å². The number of morpholine rings is 1. The fourth-order valence-corrected chi connectivity index (χ4v) is 3.06. The molecule has 0 spiro atoms. The van der Waals surface area contributed by atoms with Crippen molar-refractivity contribution in [3.63, 3.8) is 0 Å². The lowest BCUT2D eigenvalue weighted by molar-refractivity contribution is -0.134. The summed E-state index contributed by atoms with van der Waals surface area (Å²) in [5.41, 5.74) is 0. The van der Waals surface area contributed by atoms with E-state index in [0.29, 0.717) is 12.5 Å². The summed E-state index contributed by atoms with van der Waals surface area (Å²) in [5.74, 6) is 0.303. The van der Waals surface area contributed by atoms with Crippen molar-refractivity contribution in [3.05, 3.63) is 0 Å². The zero-order valence-electron chi connectivity index (χ0n) is 12.8. The van der Waals surface area contributed by atoms with E-state index in [4.69, 9.17) is 4.74 Å². The van der Waals surface area contributed by atoms with E-state index >= 15 is 0 Å². The molecule has 2 fully saturated rings. The molecule has 0 aromatic heterocycles. The first-order chi connectivity index (χ1) is 9.79. The topological polar surface area (TPSA) is 44.8 Å². The van der Waals surface area contributed by atoms with Crippen molar-refractivity contribution in [1.29, 1.82) is 0 Å². The largest absolute Gasteiger partial charge is 0.374 e. The molecule has 2 rings (SSSR count). The van der Waals surface area contributed by atoms with Crippen molar-refractivity contribution >= 4 is 5.91 Å². The normalized spacial score (nSPS) is 26.1. The molecule has 1 atom stereocenters. The molecule has 1 amide bonds. The Kier molecular flexibility index (Phi) is 6.76. The van der Waals surface area contributed by atoms with Crippen LogP contribution in [0.15, 0.2) is 0 Å². The first-order valence-corrected chi connectivity index (χ1v) is 8.06. The maximum absolute atomic E-state index is 12.4. The number of nitrogens with one attached hydrogen (secondary N) is 1. The van der Waals surface area contributed by atoms with Crippen LogP contribution in [-0.4, -0.2) is 74.7 Å². The van der Waals surface area contributed by atoms with Crippen LogP contribution in [-0.2, 0) is 9.53 Å². The number of likely N-dealkylation sites (tertiary alicyclic amines) is 1. The minimum atomic E-state index is 0.217. The van der Waals surface area contributed by atoms with E-state index in [1.807, 2.05) is 7.05 Å². The molecule has 0 radical (unpaired) electrons. The van der Waals surface area contributed by atoms with Crippen molar-refractivity contribution < 1.29 is 9.53 Å². The van der Waals surface area contributed by atoms with Gasteiger partial charge in [-0.25, -0.2) is 0 Å². The molecular weight excluding hydrogens is 254 g/mol. The summed E-state index contributed by atoms with van der Waals surface area (Å²) >= 11 is 0. The van der Waals surface area contributed by atoms with Crippen molar-refractivity contribution in [2.45, 2.75) is 38.2 Å². The van der Waals surface area contributed by atoms with Crippen LogP contribution in [0, 0.1) is 0 Å². The fraction of sp³-hybridized carbons (Fsp3) is 0.933. The quantitative estimate of drug-likeness (QED) is 0.825. The molecule has 0 aliphatic carbocycles. The van der Waals surface area contributed by atoms with E-state index in [1.165, 1.54) is 19.3 Å². The fourth-order valence-electron chi connectivity index (χ4n) is 3.06. The summed E-state index contributed by atoms with van der Waals surface area (Å²) in [6, 6.07) is 0. The summed E-state index contributed by atoms with van der Waals surface area (Å²) in [4.78, 5) is 16.7. The minimum absolute atomic E-state index is 0.217. The molecule has 5 nitrogen and oxygen atoms in total. The van der Waals surface area contributed by atoms with Gasteiger partial charge in [0.1, 0.15) is 0 Å². The second-order valence-corrected chi connectivity index (χ2v) is 5.93. The first-order valence-electron chi connectivity index (χ1n) is 8.06. The van der Waals surface area contributed by atoms with Gasteiger partial charge in [-0.15, -0.1) is 0 Å². The zero-order valence-corrected chi connectivity index (χ0v) is 12.8. The number of hydrogen-bond donors (Lipinski definition) is 1. The first kappa shape index (κ1) is 15.7. The lowest BCUT2D eigenvalue weighted by Crippen LogP contribution is -2.50.